The van der Waals surface area contributed by atoms with Crippen molar-refractivity contribution in [1.82, 2.24) is 4.98 Å². The van der Waals surface area contributed by atoms with Crippen molar-refractivity contribution in [2.75, 3.05) is 13.7 Å². The van der Waals surface area contributed by atoms with Crippen LogP contribution in [0.2, 0.25) is 0 Å². The number of aromatic nitrogens is 1. The molecule has 1 heterocycles. The Labute approximate surface area is 148 Å². The number of H-pyrrole nitrogens is 1. The standard InChI is InChI=1S/C21H23NO3/c1-16(14-23-2)25-20-12-18(21-9-6-10-22-21)11-19(13-20)24-15-17-7-4-3-5-8-17/h3-13,16,22H,14-15H2,1-2H3/t16-/m0/s1. The van der Waals surface area contributed by atoms with Crippen LogP contribution in [0.4, 0.5) is 0 Å². The molecule has 0 saturated carbocycles. The molecule has 0 fully saturated rings. The van der Waals surface area contributed by atoms with Gasteiger partial charge in [-0.05, 0) is 36.8 Å². The molecule has 4 nitrogen and oxygen atoms in total. The van der Waals surface area contributed by atoms with Crippen LogP contribution in [0.25, 0.3) is 11.3 Å². The highest BCUT2D eigenvalue weighted by molar-refractivity contribution is 5.64. The van der Waals surface area contributed by atoms with Gasteiger partial charge in [-0.15, -0.1) is 0 Å². The maximum Gasteiger partial charge on any atom is 0.124 e. The minimum absolute atomic E-state index is 0.0362. The van der Waals surface area contributed by atoms with Crippen LogP contribution in [0.3, 0.4) is 0 Å². The van der Waals surface area contributed by atoms with Gasteiger partial charge < -0.3 is 19.2 Å². The van der Waals surface area contributed by atoms with Crippen molar-refractivity contribution in [1.29, 1.82) is 0 Å². The van der Waals surface area contributed by atoms with Crippen molar-refractivity contribution in [3.8, 4) is 22.8 Å². The lowest BCUT2D eigenvalue weighted by molar-refractivity contribution is 0.0919. The molecule has 0 aliphatic heterocycles. The highest BCUT2D eigenvalue weighted by Gasteiger charge is 2.09. The van der Waals surface area contributed by atoms with Crippen LogP contribution in [-0.4, -0.2) is 24.8 Å². The van der Waals surface area contributed by atoms with E-state index in [-0.39, 0.29) is 6.10 Å². The highest BCUT2D eigenvalue weighted by Crippen LogP contribution is 2.30. The quantitative estimate of drug-likeness (QED) is 0.649. The van der Waals surface area contributed by atoms with Gasteiger partial charge in [0.1, 0.15) is 24.2 Å². The lowest BCUT2D eigenvalue weighted by Crippen LogP contribution is -2.18. The second-order valence-corrected chi connectivity index (χ2v) is 5.93. The van der Waals surface area contributed by atoms with Gasteiger partial charge in [0.25, 0.3) is 0 Å². The number of aromatic amines is 1. The fourth-order valence-electron chi connectivity index (χ4n) is 2.63. The Balaban J connectivity index is 1.81. The molecule has 0 aliphatic rings. The average molecular weight is 337 g/mol. The summed E-state index contributed by atoms with van der Waals surface area (Å²) in [5, 5.41) is 0. The molecule has 3 rings (SSSR count). The molecule has 0 amide bonds. The fraction of sp³-hybridized carbons (Fsp3) is 0.238. The first-order valence-corrected chi connectivity index (χ1v) is 8.36. The van der Waals surface area contributed by atoms with Gasteiger partial charge in [-0.25, -0.2) is 0 Å². The summed E-state index contributed by atoms with van der Waals surface area (Å²) in [6, 6.07) is 20.1. The first kappa shape index (κ1) is 17.1. The molecule has 1 N–H and O–H groups in total. The number of methoxy groups -OCH3 is 1. The zero-order chi connectivity index (χ0) is 17.5. The molecule has 0 radical (unpaired) electrons. The summed E-state index contributed by atoms with van der Waals surface area (Å²) in [6.07, 6.45) is 1.87. The van der Waals surface area contributed by atoms with Crippen LogP contribution in [-0.2, 0) is 11.3 Å². The molecule has 0 aliphatic carbocycles. The number of hydrogen-bond acceptors (Lipinski definition) is 3. The van der Waals surface area contributed by atoms with Crippen LogP contribution < -0.4 is 9.47 Å². The molecule has 0 bridgehead atoms. The molecule has 25 heavy (non-hydrogen) atoms. The van der Waals surface area contributed by atoms with E-state index in [1.165, 1.54) is 0 Å². The molecule has 1 aromatic heterocycles. The van der Waals surface area contributed by atoms with Crippen LogP contribution in [0.5, 0.6) is 11.5 Å². The smallest absolute Gasteiger partial charge is 0.124 e. The zero-order valence-electron chi connectivity index (χ0n) is 14.6. The van der Waals surface area contributed by atoms with Crippen molar-refractivity contribution in [3.05, 3.63) is 72.4 Å². The predicted molar refractivity (Wildman–Crippen MR) is 99.0 cm³/mol. The SMILES string of the molecule is COC[C@H](C)Oc1cc(OCc2ccccc2)cc(-c2ccc[nH]2)c1. The zero-order valence-corrected chi connectivity index (χ0v) is 14.6. The van der Waals surface area contributed by atoms with Crippen LogP contribution in [0, 0.1) is 0 Å². The van der Waals surface area contributed by atoms with E-state index in [1.54, 1.807) is 7.11 Å². The number of ether oxygens (including phenoxy) is 3. The first-order chi connectivity index (χ1) is 12.2. The maximum absolute atomic E-state index is 5.99. The fourth-order valence-corrected chi connectivity index (χ4v) is 2.63. The molecule has 130 valence electrons. The number of hydrogen-bond donors (Lipinski definition) is 1. The molecular formula is C21H23NO3. The van der Waals surface area contributed by atoms with Crippen LogP contribution >= 0.6 is 0 Å². The second-order valence-electron chi connectivity index (χ2n) is 5.93. The lowest BCUT2D eigenvalue weighted by Gasteiger charge is -2.16. The Bertz CT molecular complexity index is 769. The predicted octanol–water partition coefficient (Wildman–Crippen LogP) is 4.67. The Morgan fingerprint density at radius 1 is 0.960 bits per heavy atom. The minimum Gasteiger partial charge on any atom is -0.489 e. The second kappa shape index (κ2) is 8.40. The van der Waals surface area contributed by atoms with E-state index >= 15 is 0 Å². The molecule has 4 heteroatoms. The summed E-state index contributed by atoms with van der Waals surface area (Å²) < 4.78 is 17.1. The molecule has 0 saturated heterocycles. The molecule has 0 spiro atoms. The summed E-state index contributed by atoms with van der Waals surface area (Å²) in [4.78, 5) is 3.22. The maximum atomic E-state index is 5.99. The summed E-state index contributed by atoms with van der Waals surface area (Å²) in [5.74, 6) is 1.54. The van der Waals surface area contributed by atoms with Crippen molar-refractivity contribution in [2.45, 2.75) is 19.6 Å². The molecule has 1 atom stereocenters. The lowest BCUT2D eigenvalue weighted by atomic mass is 10.1. The summed E-state index contributed by atoms with van der Waals surface area (Å²) in [6.45, 7) is 3.03. The third-order valence-electron chi connectivity index (χ3n) is 3.78. The number of rotatable bonds is 8. The van der Waals surface area contributed by atoms with Gasteiger partial charge in [-0.3, -0.25) is 0 Å². The third-order valence-corrected chi connectivity index (χ3v) is 3.78. The van der Waals surface area contributed by atoms with Gasteiger partial charge in [0.2, 0.25) is 0 Å². The average Bonchev–Trinajstić information content (AvgIpc) is 3.16. The summed E-state index contributed by atoms with van der Waals surface area (Å²) in [7, 11) is 1.67. The van der Waals surface area contributed by atoms with E-state index < -0.39 is 0 Å². The van der Waals surface area contributed by atoms with E-state index in [0.717, 1.165) is 28.3 Å². The van der Waals surface area contributed by atoms with E-state index in [4.69, 9.17) is 14.2 Å². The monoisotopic (exact) mass is 337 g/mol. The van der Waals surface area contributed by atoms with Gasteiger partial charge in [0.05, 0.1) is 6.61 Å². The first-order valence-electron chi connectivity index (χ1n) is 8.36. The third kappa shape index (κ3) is 4.88. The van der Waals surface area contributed by atoms with Crippen LogP contribution in [0.1, 0.15) is 12.5 Å². The van der Waals surface area contributed by atoms with E-state index in [9.17, 15) is 0 Å². The van der Waals surface area contributed by atoms with Gasteiger partial charge in [-0.2, -0.15) is 0 Å². The normalized spacial score (nSPS) is 11.9. The van der Waals surface area contributed by atoms with Gasteiger partial charge in [0, 0.05) is 30.6 Å². The Kier molecular flexibility index (Phi) is 5.75. The van der Waals surface area contributed by atoms with Crippen LogP contribution in [0.15, 0.2) is 66.9 Å². The minimum atomic E-state index is -0.0362. The van der Waals surface area contributed by atoms with Crippen molar-refractivity contribution < 1.29 is 14.2 Å². The summed E-state index contributed by atoms with van der Waals surface area (Å²) >= 11 is 0. The van der Waals surface area contributed by atoms with Crippen molar-refractivity contribution >= 4 is 0 Å². The Hall–Kier alpha value is -2.72. The number of nitrogens with one attached hydrogen (secondary N) is 1. The van der Waals surface area contributed by atoms with Gasteiger partial charge in [-0.1, -0.05) is 30.3 Å². The molecule has 3 aromatic rings. The number of benzene rings is 2. The van der Waals surface area contributed by atoms with Gasteiger partial charge >= 0.3 is 0 Å². The van der Waals surface area contributed by atoms with Crippen molar-refractivity contribution in [3.63, 3.8) is 0 Å². The molecule has 0 unspecified atom stereocenters. The summed E-state index contributed by atoms with van der Waals surface area (Å²) in [5.41, 5.74) is 3.17. The largest absolute Gasteiger partial charge is 0.489 e. The Morgan fingerprint density at radius 3 is 2.48 bits per heavy atom. The van der Waals surface area contributed by atoms with Crippen molar-refractivity contribution in [2.24, 2.45) is 0 Å². The van der Waals surface area contributed by atoms with E-state index in [1.807, 2.05) is 73.8 Å². The highest BCUT2D eigenvalue weighted by atomic mass is 16.5. The topological polar surface area (TPSA) is 43.5 Å². The molecule has 2 aromatic carbocycles. The molecular weight excluding hydrogens is 314 g/mol. The van der Waals surface area contributed by atoms with E-state index in [2.05, 4.69) is 4.98 Å². The Morgan fingerprint density at radius 2 is 1.76 bits per heavy atom. The van der Waals surface area contributed by atoms with E-state index in [0.29, 0.717) is 13.2 Å². The van der Waals surface area contributed by atoms with Gasteiger partial charge in [0.15, 0.2) is 0 Å².